The summed E-state index contributed by atoms with van der Waals surface area (Å²) in [4.78, 5) is 10.6. The van der Waals surface area contributed by atoms with E-state index in [1.165, 1.54) is 5.56 Å². The molecule has 0 N–H and O–H groups in total. The fraction of sp³-hybridized carbons (Fsp3) is 0.520. The summed E-state index contributed by atoms with van der Waals surface area (Å²) in [5.41, 5.74) is 2.83. The van der Waals surface area contributed by atoms with Crippen LogP contribution in [0.3, 0.4) is 0 Å². The van der Waals surface area contributed by atoms with Gasteiger partial charge >= 0.3 is 0 Å². The molecular formula is C25H34O3. The van der Waals surface area contributed by atoms with E-state index in [0.717, 1.165) is 17.7 Å². The maximum atomic E-state index is 5.93. The van der Waals surface area contributed by atoms with Crippen LogP contribution in [0.25, 0.3) is 0 Å². The molecule has 0 heterocycles. The number of benzene rings is 1. The van der Waals surface area contributed by atoms with Crippen LogP contribution in [-0.2, 0) is 4.89 Å². The fourth-order valence-electron chi connectivity index (χ4n) is 4.02. The molecule has 3 nitrogen and oxygen atoms in total. The summed E-state index contributed by atoms with van der Waals surface area (Å²) >= 11 is 0. The molecular weight excluding hydrogens is 348 g/mol. The van der Waals surface area contributed by atoms with Crippen molar-refractivity contribution in [3.05, 3.63) is 59.7 Å². The zero-order valence-electron chi connectivity index (χ0n) is 18.6. The SMILES string of the molecule is CCC(C)(C)C(c1ccc(OC(C)OOc2cc#ccc2)c(C)c1)C(C)(C)C. The minimum absolute atomic E-state index is 0.169. The summed E-state index contributed by atoms with van der Waals surface area (Å²) in [5, 5.41) is 0. The lowest BCUT2D eigenvalue weighted by atomic mass is 9.62. The predicted molar refractivity (Wildman–Crippen MR) is 113 cm³/mol. The minimum Gasteiger partial charge on any atom is -0.461 e. The Hall–Kier alpha value is -2.18. The highest BCUT2D eigenvalue weighted by Crippen LogP contribution is 2.49. The molecule has 2 unspecified atom stereocenters. The first-order valence-corrected chi connectivity index (χ1v) is 10.0. The zero-order valence-corrected chi connectivity index (χ0v) is 18.6. The molecule has 2 atom stereocenters. The highest BCUT2D eigenvalue weighted by Gasteiger charge is 2.38. The number of hydrogen-bond donors (Lipinski definition) is 0. The lowest BCUT2D eigenvalue weighted by Crippen LogP contribution is -2.32. The first-order valence-electron chi connectivity index (χ1n) is 10.0. The third-order valence-corrected chi connectivity index (χ3v) is 5.29. The van der Waals surface area contributed by atoms with Crippen LogP contribution in [0.5, 0.6) is 11.5 Å². The maximum absolute atomic E-state index is 5.93. The number of aryl methyl sites for hydroxylation is 1. The van der Waals surface area contributed by atoms with Gasteiger partial charge in [-0.1, -0.05) is 72.2 Å². The van der Waals surface area contributed by atoms with Gasteiger partial charge in [-0.2, -0.15) is 0 Å². The molecule has 0 saturated heterocycles. The minimum atomic E-state index is -0.542. The van der Waals surface area contributed by atoms with Crippen molar-refractivity contribution in [2.24, 2.45) is 10.8 Å². The lowest BCUT2D eigenvalue weighted by Gasteiger charge is -2.43. The molecule has 0 aliphatic carbocycles. The van der Waals surface area contributed by atoms with Gasteiger partial charge in [0.15, 0.2) is 5.75 Å². The summed E-state index contributed by atoms with van der Waals surface area (Å²) in [6, 6.07) is 17.2. The highest BCUT2D eigenvalue weighted by atomic mass is 17.2. The standard InChI is InChI=1S/C25H34O3/c1-9-25(7,8)23(24(4,5)6)20-15-16-22(18(2)17-20)26-19(3)27-28-21-13-11-10-12-14-21/h11,13-17,19,23H,9H2,1-8H3. The maximum Gasteiger partial charge on any atom is 0.239 e. The number of hydrogen-bond acceptors (Lipinski definition) is 3. The van der Waals surface area contributed by atoms with Crippen LogP contribution in [0.1, 0.15) is 71.9 Å². The van der Waals surface area contributed by atoms with Crippen molar-refractivity contribution in [3.8, 4) is 11.5 Å². The van der Waals surface area contributed by atoms with Crippen molar-refractivity contribution in [2.75, 3.05) is 0 Å². The molecule has 0 radical (unpaired) electrons. The Morgan fingerprint density at radius 1 is 1.04 bits per heavy atom. The molecule has 0 bridgehead atoms. The summed E-state index contributed by atoms with van der Waals surface area (Å²) in [5.74, 6) is 1.81. The average Bonchev–Trinajstić information content (AvgIpc) is 2.62. The first-order chi connectivity index (χ1) is 13.0. The van der Waals surface area contributed by atoms with Gasteiger partial charge in [0.05, 0.1) is 0 Å². The highest BCUT2D eigenvalue weighted by molar-refractivity contribution is 5.39. The molecule has 2 aromatic rings. The van der Waals surface area contributed by atoms with Crippen LogP contribution in [-0.4, -0.2) is 6.29 Å². The van der Waals surface area contributed by atoms with Crippen molar-refractivity contribution in [3.63, 3.8) is 0 Å². The molecule has 0 aliphatic rings. The van der Waals surface area contributed by atoms with E-state index in [2.05, 4.69) is 72.7 Å². The van der Waals surface area contributed by atoms with Gasteiger partial charge in [0.25, 0.3) is 0 Å². The molecule has 152 valence electrons. The van der Waals surface area contributed by atoms with Gasteiger partial charge in [-0.05, 0) is 53.0 Å². The predicted octanol–water partition coefficient (Wildman–Crippen LogP) is 6.90. The quantitative estimate of drug-likeness (QED) is 0.282. The lowest BCUT2D eigenvalue weighted by molar-refractivity contribution is -0.289. The van der Waals surface area contributed by atoms with Crippen LogP contribution in [0.15, 0.2) is 36.4 Å². The Morgan fingerprint density at radius 3 is 2.29 bits per heavy atom. The third-order valence-electron chi connectivity index (χ3n) is 5.29. The molecule has 0 aromatic heterocycles. The molecule has 2 rings (SSSR count). The van der Waals surface area contributed by atoms with Gasteiger partial charge in [0.2, 0.25) is 6.29 Å². The van der Waals surface area contributed by atoms with Crippen LogP contribution in [0.2, 0.25) is 0 Å². The normalized spacial score (nSPS) is 14.1. The van der Waals surface area contributed by atoms with Gasteiger partial charge in [0, 0.05) is 13.0 Å². The Kier molecular flexibility index (Phi) is 7.01. The van der Waals surface area contributed by atoms with Gasteiger partial charge in [-0.3, -0.25) is 0 Å². The van der Waals surface area contributed by atoms with E-state index in [9.17, 15) is 0 Å². The average molecular weight is 383 g/mol. The smallest absolute Gasteiger partial charge is 0.239 e. The van der Waals surface area contributed by atoms with Gasteiger partial charge in [0.1, 0.15) is 5.75 Å². The van der Waals surface area contributed by atoms with Crippen LogP contribution < -0.4 is 9.62 Å². The van der Waals surface area contributed by atoms with E-state index in [4.69, 9.17) is 14.5 Å². The second kappa shape index (κ2) is 8.88. The van der Waals surface area contributed by atoms with E-state index in [0.29, 0.717) is 11.7 Å². The molecule has 0 spiro atoms. The summed E-state index contributed by atoms with van der Waals surface area (Å²) in [7, 11) is 0. The Labute approximate surface area is 171 Å². The summed E-state index contributed by atoms with van der Waals surface area (Å²) in [6.45, 7) is 17.8. The van der Waals surface area contributed by atoms with Crippen LogP contribution >= 0.6 is 0 Å². The topological polar surface area (TPSA) is 27.7 Å². The van der Waals surface area contributed by atoms with E-state index < -0.39 is 6.29 Å². The van der Waals surface area contributed by atoms with Crippen molar-refractivity contribution < 1.29 is 14.5 Å². The molecule has 0 amide bonds. The number of rotatable bonds is 8. The van der Waals surface area contributed by atoms with Gasteiger partial charge in [-0.15, -0.1) is 4.89 Å². The Balaban J connectivity index is 2.12. The van der Waals surface area contributed by atoms with Crippen molar-refractivity contribution in [2.45, 2.75) is 74.0 Å². The second-order valence-corrected chi connectivity index (χ2v) is 9.20. The molecule has 0 fully saturated rings. The van der Waals surface area contributed by atoms with E-state index in [1.807, 2.05) is 13.0 Å². The molecule has 28 heavy (non-hydrogen) atoms. The van der Waals surface area contributed by atoms with E-state index in [1.54, 1.807) is 18.2 Å². The molecule has 2 aromatic carbocycles. The van der Waals surface area contributed by atoms with Gasteiger partial charge in [-0.25, -0.2) is 0 Å². The Bertz CT molecular complexity index is 744. The summed E-state index contributed by atoms with van der Waals surface area (Å²) in [6.07, 6.45) is 0.586. The largest absolute Gasteiger partial charge is 0.461 e. The zero-order chi connectivity index (χ0) is 20.9. The van der Waals surface area contributed by atoms with Gasteiger partial charge < -0.3 is 9.62 Å². The summed E-state index contributed by atoms with van der Waals surface area (Å²) < 4.78 is 5.93. The second-order valence-electron chi connectivity index (χ2n) is 9.20. The molecule has 0 saturated carbocycles. The van der Waals surface area contributed by atoms with Crippen molar-refractivity contribution in [1.82, 2.24) is 0 Å². The van der Waals surface area contributed by atoms with Crippen molar-refractivity contribution >= 4 is 0 Å². The number of ether oxygens (including phenoxy) is 1. The van der Waals surface area contributed by atoms with Crippen LogP contribution in [0.4, 0.5) is 0 Å². The van der Waals surface area contributed by atoms with E-state index >= 15 is 0 Å². The van der Waals surface area contributed by atoms with Crippen LogP contribution in [0, 0.1) is 29.9 Å². The first kappa shape index (κ1) is 22.1. The molecule has 3 heteroatoms. The van der Waals surface area contributed by atoms with E-state index in [-0.39, 0.29) is 10.8 Å². The molecule has 0 aliphatic heterocycles. The Morgan fingerprint density at radius 2 is 1.75 bits per heavy atom. The van der Waals surface area contributed by atoms with Crippen molar-refractivity contribution in [1.29, 1.82) is 0 Å². The fourth-order valence-corrected chi connectivity index (χ4v) is 4.02. The monoisotopic (exact) mass is 382 g/mol. The third kappa shape index (κ3) is 5.66.